The average molecular weight is 282 g/mol. The minimum Gasteiger partial charge on any atom is -0.394 e. The number of ether oxygens (including phenoxy) is 1. The molecule has 0 bridgehead atoms. The Balaban J connectivity index is 2.01. The van der Waals surface area contributed by atoms with E-state index in [1.807, 2.05) is 0 Å². The molecular weight excluding hydrogens is 268 g/mol. The molecule has 1 saturated heterocycles. The fraction of sp³-hybridized carbons (Fsp3) is 0.500. The number of nitrogens with zero attached hydrogens (tertiary/aromatic N) is 3. The van der Waals surface area contributed by atoms with E-state index in [1.165, 1.54) is 0 Å². The van der Waals surface area contributed by atoms with E-state index in [9.17, 15) is 10.2 Å². The lowest BCUT2D eigenvalue weighted by Gasteiger charge is -2.11. The summed E-state index contributed by atoms with van der Waals surface area (Å²) in [5.41, 5.74) is 11.8. The molecule has 108 valence electrons. The molecule has 20 heavy (non-hydrogen) atoms. The monoisotopic (exact) mass is 282 g/mol. The van der Waals surface area contributed by atoms with E-state index in [0.29, 0.717) is 5.52 Å². The second kappa shape index (κ2) is 4.52. The number of aliphatic hydroxyl groups is 3. The van der Waals surface area contributed by atoms with Crippen molar-refractivity contribution in [2.24, 2.45) is 0 Å². The van der Waals surface area contributed by atoms with E-state index < -0.39 is 31.0 Å². The zero-order valence-electron chi connectivity index (χ0n) is 10.3. The second-order valence-electron chi connectivity index (χ2n) is 4.55. The summed E-state index contributed by atoms with van der Waals surface area (Å²) in [7, 11) is 0. The molecule has 10 nitrogen and oxygen atoms in total. The van der Waals surface area contributed by atoms with Crippen molar-refractivity contribution in [2.45, 2.75) is 24.4 Å². The SMILES string of the molecule is Nc1nc(N)c2[nH]c(C3O[C@H](CO)[C@@H](O)[C@@H]3O)nc2n1. The summed E-state index contributed by atoms with van der Waals surface area (Å²) in [5.74, 6) is 0.335. The normalized spacial score (nSPS) is 30.1. The number of nitrogens with one attached hydrogen (secondary N) is 1. The van der Waals surface area contributed by atoms with Crippen molar-refractivity contribution in [3.63, 3.8) is 0 Å². The Hall–Kier alpha value is -2.01. The number of imidazole rings is 1. The van der Waals surface area contributed by atoms with Crippen molar-refractivity contribution in [1.29, 1.82) is 0 Å². The molecular formula is C10H14N6O4. The van der Waals surface area contributed by atoms with Crippen molar-refractivity contribution in [3.8, 4) is 0 Å². The second-order valence-corrected chi connectivity index (χ2v) is 4.55. The molecule has 0 amide bonds. The van der Waals surface area contributed by atoms with Crippen LogP contribution in [-0.2, 0) is 4.74 Å². The smallest absolute Gasteiger partial charge is 0.224 e. The fourth-order valence-corrected chi connectivity index (χ4v) is 2.21. The van der Waals surface area contributed by atoms with Crippen LogP contribution < -0.4 is 11.5 Å². The van der Waals surface area contributed by atoms with Gasteiger partial charge in [0.05, 0.1) is 6.61 Å². The lowest BCUT2D eigenvalue weighted by Crippen LogP contribution is -2.32. The minimum atomic E-state index is -1.22. The third-order valence-electron chi connectivity index (χ3n) is 3.23. The van der Waals surface area contributed by atoms with Crippen LogP contribution in [0.2, 0.25) is 0 Å². The summed E-state index contributed by atoms with van der Waals surface area (Å²) in [6.45, 7) is -0.413. The number of hydrogen-bond acceptors (Lipinski definition) is 9. The molecule has 8 N–H and O–H groups in total. The first kappa shape index (κ1) is 13.0. The molecule has 3 rings (SSSR count). The van der Waals surface area contributed by atoms with E-state index in [2.05, 4.69) is 19.9 Å². The third-order valence-corrected chi connectivity index (χ3v) is 3.23. The van der Waals surface area contributed by atoms with Crippen LogP contribution in [0.1, 0.15) is 11.9 Å². The standard InChI is InChI=1S/C10H14N6O4/c11-7-3-8(16-10(12)14-7)15-9(13-3)6-5(19)4(18)2(1-17)20-6/h2,4-6,17-19H,1H2,(H5,11,12,13,14,15,16)/t2-,4-,5+,6?/m1/s1. The summed E-state index contributed by atoms with van der Waals surface area (Å²) < 4.78 is 5.36. The number of rotatable bonds is 2. The first-order valence-electron chi connectivity index (χ1n) is 5.92. The maximum Gasteiger partial charge on any atom is 0.224 e. The maximum absolute atomic E-state index is 9.92. The van der Waals surface area contributed by atoms with E-state index in [-0.39, 0.29) is 23.2 Å². The number of nitrogen functional groups attached to an aromatic ring is 2. The first-order chi connectivity index (χ1) is 9.51. The highest BCUT2D eigenvalue weighted by molar-refractivity contribution is 5.82. The zero-order chi connectivity index (χ0) is 14.4. The largest absolute Gasteiger partial charge is 0.394 e. The van der Waals surface area contributed by atoms with Gasteiger partial charge in [-0.3, -0.25) is 0 Å². The van der Waals surface area contributed by atoms with Gasteiger partial charge in [0.15, 0.2) is 11.5 Å². The van der Waals surface area contributed by atoms with Gasteiger partial charge in [0.25, 0.3) is 0 Å². The Kier molecular flexibility index (Phi) is 2.94. The highest BCUT2D eigenvalue weighted by atomic mass is 16.6. The molecule has 1 aliphatic rings. The summed E-state index contributed by atoms with van der Waals surface area (Å²) in [5, 5.41) is 28.7. The van der Waals surface area contributed by atoms with E-state index >= 15 is 0 Å². The molecule has 4 atom stereocenters. The average Bonchev–Trinajstić information content (AvgIpc) is 2.93. The Morgan fingerprint density at radius 2 is 1.90 bits per heavy atom. The van der Waals surface area contributed by atoms with E-state index in [0.717, 1.165) is 0 Å². The number of hydrogen-bond donors (Lipinski definition) is 6. The maximum atomic E-state index is 9.92. The number of anilines is 2. The van der Waals surface area contributed by atoms with Crippen molar-refractivity contribution >= 4 is 22.9 Å². The number of aromatic amines is 1. The number of fused-ring (bicyclic) bond motifs is 1. The van der Waals surface area contributed by atoms with Crippen molar-refractivity contribution in [1.82, 2.24) is 19.9 Å². The third kappa shape index (κ3) is 1.86. The van der Waals surface area contributed by atoms with Crippen LogP contribution in [0.15, 0.2) is 0 Å². The van der Waals surface area contributed by atoms with Crippen LogP contribution in [0.3, 0.4) is 0 Å². The molecule has 2 aromatic heterocycles. The van der Waals surface area contributed by atoms with Crippen molar-refractivity contribution < 1.29 is 20.1 Å². The molecule has 0 saturated carbocycles. The van der Waals surface area contributed by atoms with Gasteiger partial charge >= 0.3 is 0 Å². The van der Waals surface area contributed by atoms with Gasteiger partial charge in [-0.2, -0.15) is 9.97 Å². The van der Waals surface area contributed by atoms with Gasteiger partial charge in [-0.25, -0.2) is 4.98 Å². The molecule has 0 radical (unpaired) electrons. The van der Waals surface area contributed by atoms with Crippen LogP contribution in [0.25, 0.3) is 11.2 Å². The quantitative estimate of drug-likeness (QED) is 0.352. The highest BCUT2D eigenvalue weighted by Gasteiger charge is 2.44. The van der Waals surface area contributed by atoms with Crippen LogP contribution in [-0.4, -0.2) is 60.2 Å². The number of aliphatic hydroxyl groups excluding tert-OH is 3. The van der Waals surface area contributed by atoms with Gasteiger partial charge in [-0.15, -0.1) is 0 Å². The molecule has 1 unspecified atom stereocenters. The molecule has 0 aliphatic carbocycles. The summed E-state index contributed by atoms with van der Waals surface area (Å²) in [4.78, 5) is 14.7. The fourth-order valence-electron chi connectivity index (χ4n) is 2.21. The predicted molar refractivity (Wildman–Crippen MR) is 67.2 cm³/mol. The molecule has 2 aromatic rings. The molecule has 3 heterocycles. The van der Waals surface area contributed by atoms with Gasteiger partial charge in [-0.05, 0) is 0 Å². The van der Waals surface area contributed by atoms with Crippen molar-refractivity contribution in [3.05, 3.63) is 5.82 Å². The Bertz CT molecular complexity index is 646. The predicted octanol–water partition coefficient (Wildman–Crippen LogP) is -2.33. The summed E-state index contributed by atoms with van der Waals surface area (Å²) >= 11 is 0. The van der Waals surface area contributed by atoms with E-state index in [4.69, 9.17) is 21.3 Å². The number of aromatic nitrogens is 4. The van der Waals surface area contributed by atoms with E-state index in [1.54, 1.807) is 0 Å². The number of H-pyrrole nitrogens is 1. The Morgan fingerprint density at radius 1 is 1.15 bits per heavy atom. The van der Waals surface area contributed by atoms with Gasteiger partial charge in [-0.1, -0.05) is 0 Å². The minimum absolute atomic E-state index is 0.0193. The van der Waals surface area contributed by atoms with Crippen LogP contribution in [0.5, 0.6) is 0 Å². The molecule has 10 heteroatoms. The molecule has 1 fully saturated rings. The van der Waals surface area contributed by atoms with Gasteiger partial charge in [0.1, 0.15) is 35.8 Å². The van der Waals surface area contributed by atoms with Gasteiger partial charge in [0.2, 0.25) is 5.95 Å². The van der Waals surface area contributed by atoms with Crippen molar-refractivity contribution in [2.75, 3.05) is 18.1 Å². The summed E-state index contributed by atoms with van der Waals surface area (Å²) in [6, 6.07) is 0. The molecule has 0 spiro atoms. The van der Waals surface area contributed by atoms with Crippen LogP contribution in [0, 0.1) is 0 Å². The van der Waals surface area contributed by atoms with Crippen LogP contribution in [0.4, 0.5) is 11.8 Å². The Morgan fingerprint density at radius 3 is 2.55 bits per heavy atom. The zero-order valence-corrected chi connectivity index (χ0v) is 10.3. The topological polar surface area (TPSA) is 176 Å². The number of nitrogens with two attached hydrogens (primary N) is 2. The van der Waals surface area contributed by atoms with Gasteiger partial charge in [0, 0.05) is 0 Å². The molecule has 1 aliphatic heterocycles. The first-order valence-corrected chi connectivity index (χ1v) is 5.92. The Labute approximate surface area is 112 Å². The van der Waals surface area contributed by atoms with Gasteiger partial charge < -0.3 is 36.5 Å². The summed E-state index contributed by atoms with van der Waals surface area (Å²) in [6.07, 6.45) is -4.22. The lowest BCUT2D eigenvalue weighted by molar-refractivity contribution is -0.0249. The van der Waals surface area contributed by atoms with Crippen LogP contribution >= 0.6 is 0 Å². The molecule has 0 aromatic carbocycles. The lowest BCUT2D eigenvalue weighted by atomic mass is 10.1. The highest BCUT2D eigenvalue weighted by Crippen LogP contribution is 2.33.